The summed E-state index contributed by atoms with van der Waals surface area (Å²) in [6.45, 7) is 8.52. The zero-order valence-electron chi connectivity index (χ0n) is 14.1. The summed E-state index contributed by atoms with van der Waals surface area (Å²) < 4.78 is 0. The van der Waals surface area contributed by atoms with Crippen molar-refractivity contribution in [2.45, 2.75) is 34.1 Å². The lowest BCUT2D eigenvalue weighted by molar-refractivity contribution is -0.105. The summed E-state index contributed by atoms with van der Waals surface area (Å²) >= 11 is 0. The molecule has 2 nitrogen and oxygen atoms in total. The summed E-state index contributed by atoms with van der Waals surface area (Å²) in [6.07, 6.45) is 2.80. The summed E-state index contributed by atoms with van der Waals surface area (Å²) in [4.78, 5) is 23.7. The van der Waals surface area contributed by atoms with E-state index >= 15 is 0 Å². The van der Waals surface area contributed by atoms with Crippen LogP contribution in [-0.2, 0) is 4.79 Å². The Kier molecular flexibility index (Phi) is 3.51. The van der Waals surface area contributed by atoms with Crippen molar-refractivity contribution in [2.75, 3.05) is 0 Å². The zero-order chi connectivity index (χ0) is 16.8. The van der Waals surface area contributed by atoms with Gasteiger partial charge < -0.3 is 0 Å². The molecule has 0 bridgehead atoms. The Morgan fingerprint density at radius 2 is 1.57 bits per heavy atom. The van der Waals surface area contributed by atoms with Gasteiger partial charge in [-0.05, 0) is 39.2 Å². The van der Waals surface area contributed by atoms with Gasteiger partial charge in [-0.1, -0.05) is 64.1 Å². The molecule has 0 spiro atoms. The van der Waals surface area contributed by atoms with Crippen molar-refractivity contribution in [3.8, 4) is 0 Å². The average Bonchev–Trinajstić information content (AvgIpc) is 2.69. The molecule has 3 rings (SSSR count). The normalized spacial score (nSPS) is 19.1. The van der Waals surface area contributed by atoms with Gasteiger partial charge in [0.1, 0.15) is 6.29 Å². The van der Waals surface area contributed by atoms with E-state index in [9.17, 15) is 9.59 Å². The maximum absolute atomic E-state index is 11.9. The van der Waals surface area contributed by atoms with E-state index in [-0.39, 0.29) is 10.8 Å². The molecule has 2 aromatic carbocycles. The molecule has 0 aromatic heterocycles. The average molecular weight is 306 g/mol. The van der Waals surface area contributed by atoms with E-state index in [0.717, 1.165) is 46.5 Å². The molecule has 118 valence electrons. The molecule has 0 N–H and O–H groups in total. The quantitative estimate of drug-likeness (QED) is 0.743. The van der Waals surface area contributed by atoms with Crippen LogP contribution in [0, 0.1) is 10.8 Å². The first kappa shape index (κ1) is 15.7. The molecule has 0 aliphatic heterocycles. The molecule has 0 saturated heterocycles. The Morgan fingerprint density at radius 1 is 0.870 bits per heavy atom. The predicted octanol–water partition coefficient (Wildman–Crippen LogP) is 5.06. The van der Waals surface area contributed by atoms with Crippen LogP contribution in [0.4, 0.5) is 0 Å². The summed E-state index contributed by atoms with van der Waals surface area (Å²) in [5.74, 6) is 0. The Hall–Kier alpha value is -2.22. The fourth-order valence-electron chi connectivity index (χ4n) is 4.36. The Balaban J connectivity index is 2.39. The van der Waals surface area contributed by atoms with Crippen LogP contribution in [0.25, 0.3) is 16.3 Å². The number of benzene rings is 2. The highest BCUT2D eigenvalue weighted by molar-refractivity contribution is 6.06. The second-order valence-corrected chi connectivity index (χ2v) is 7.72. The van der Waals surface area contributed by atoms with E-state index in [2.05, 4.69) is 27.7 Å². The van der Waals surface area contributed by atoms with Gasteiger partial charge in [0.2, 0.25) is 0 Å². The second-order valence-electron chi connectivity index (χ2n) is 7.72. The van der Waals surface area contributed by atoms with Gasteiger partial charge in [-0.15, -0.1) is 0 Å². The maximum Gasteiger partial charge on any atom is 0.151 e. The molecule has 0 unspecified atom stereocenters. The molecule has 1 aliphatic carbocycles. The third-order valence-corrected chi connectivity index (χ3v) is 5.03. The van der Waals surface area contributed by atoms with E-state index in [0.29, 0.717) is 5.56 Å². The number of hydrogen-bond acceptors (Lipinski definition) is 2. The molecule has 0 radical (unpaired) electrons. The lowest BCUT2D eigenvalue weighted by atomic mass is 9.77. The molecule has 0 atom stereocenters. The number of aldehydes is 2. The number of carbonyl (C=O) groups is 2. The van der Waals surface area contributed by atoms with E-state index in [4.69, 9.17) is 0 Å². The van der Waals surface area contributed by atoms with E-state index < -0.39 is 0 Å². The third kappa shape index (κ3) is 2.33. The Labute approximate surface area is 137 Å². The first-order valence-electron chi connectivity index (χ1n) is 7.99. The van der Waals surface area contributed by atoms with Gasteiger partial charge in [0.05, 0.1) is 0 Å². The Bertz CT molecular complexity index is 838. The van der Waals surface area contributed by atoms with E-state index in [1.165, 1.54) is 0 Å². The van der Waals surface area contributed by atoms with Crippen LogP contribution in [0.5, 0.6) is 0 Å². The minimum atomic E-state index is -0.174. The van der Waals surface area contributed by atoms with Crippen LogP contribution in [-0.4, -0.2) is 12.6 Å². The van der Waals surface area contributed by atoms with Crippen molar-refractivity contribution >= 4 is 28.9 Å². The first-order chi connectivity index (χ1) is 10.8. The lowest BCUT2D eigenvalue weighted by Crippen LogP contribution is -2.15. The topological polar surface area (TPSA) is 34.1 Å². The lowest BCUT2D eigenvalue weighted by Gasteiger charge is -2.26. The fourth-order valence-corrected chi connectivity index (χ4v) is 4.36. The molecule has 0 amide bonds. The van der Waals surface area contributed by atoms with Gasteiger partial charge in [-0.3, -0.25) is 9.59 Å². The smallest absolute Gasteiger partial charge is 0.151 e. The van der Waals surface area contributed by atoms with Crippen LogP contribution in [0.1, 0.15) is 50.0 Å². The fraction of sp³-hybridized carbons (Fsp3) is 0.333. The standard InChI is InChI=1S/C21H22O2/c1-20(2)13-21(3,4)19(18(20)12-23)16-10-9-14-7-5-6-8-15(14)17(16)11-22/h5-12H,13H2,1-4H3. The monoisotopic (exact) mass is 306 g/mol. The molecule has 0 heterocycles. The predicted molar refractivity (Wildman–Crippen MR) is 94.5 cm³/mol. The van der Waals surface area contributed by atoms with Crippen LogP contribution in [0.15, 0.2) is 42.0 Å². The highest BCUT2D eigenvalue weighted by Gasteiger charge is 2.44. The number of fused-ring (bicyclic) bond motifs is 1. The summed E-state index contributed by atoms with van der Waals surface area (Å²) in [6, 6.07) is 11.9. The summed E-state index contributed by atoms with van der Waals surface area (Å²) in [7, 11) is 0. The minimum absolute atomic E-state index is 0.139. The maximum atomic E-state index is 11.9. The zero-order valence-corrected chi connectivity index (χ0v) is 14.1. The van der Waals surface area contributed by atoms with Crippen LogP contribution in [0.3, 0.4) is 0 Å². The van der Waals surface area contributed by atoms with Crippen molar-refractivity contribution in [3.63, 3.8) is 0 Å². The van der Waals surface area contributed by atoms with Gasteiger partial charge in [-0.2, -0.15) is 0 Å². The second kappa shape index (κ2) is 5.16. The molecular weight excluding hydrogens is 284 g/mol. The number of hydrogen-bond donors (Lipinski definition) is 0. The highest BCUT2D eigenvalue weighted by Crippen LogP contribution is 2.56. The molecule has 2 heteroatoms. The molecular formula is C21H22O2. The summed E-state index contributed by atoms with van der Waals surface area (Å²) in [5.41, 5.74) is 3.11. The van der Waals surface area contributed by atoms with Gasteiger partial charge in [0.15, 0.2) is 6.29 Å². The number of carbonyl (C=O) groups excluding carboxylic acids is 2. The minimum Gasteiger partial charge on any atom is -0.298 e. The van der Waals surface area contributed by atoms with Gasteiger partial charge in [-0.25, -0.2) is 0 Å². The molecule has 2 aromatic rings. The third-order valence-electron chi connectivity index (χ3n) is 5.03. The highest BCUT2D eigenvalue weighted by atomic mass is 16.1. The van der Waals surface area contributed by atoms with Crippen molar-refractivity contribution in [1.29, 1.82) is 0 Å². The van der Waals surface area contributed by atoms with E-state index in [1.807, 2.05) is 36.4 Å². The van der Waals surface area contributed by atoms with Crippen LogP contribution in [0.2, 0.25) is 0 Å². The molecule has 23 heavy (non-hydrogen) atoms. The molecule has 0 fully saturated rings. The molecule has 0 saturated carbocycles. The van der Waals surface area contributed by atoms with Crippen LogP contribution >= 0.6 is 0 Å². The van der Waals surface area contributed by atoms with Crippen molar-refractivity contribution < 1.29 is 9.59 Å². The number of allylic oxidation sites excluding steroid dienone is 2. The molecule has 1 aliphatic rings. The van der Waals surface area contributed by atoms with Crippen molar-refractivity contribution in [3.05, 3.63) is 53.1 Å². The largest absolute Gasteiger partial charge is 0.298 e. The first-order valence-corrected chi connectivity index (χ1v) is 7.99. The van der Waals surface area contributed by atoms with Gasteiger partial charge in [0.25, 0.3) is 0 Å². The number of rotatable bonds is 3. The van der Waals surface area contributed by atoms with Gasteiger partial charge >= 0.3 is 0 Å². The SMILES string of the molecule is CC1(C)CC(C)(C)C(c2ccc3ccccc3c2C=O)=C1C=O. The van der Waals surface area contributed by atoms with Crippen molar-refractivity contribution in [2.24, 2.45) is 10.8 Å². The Morgan fingerprint density at radius 3 is 2.22 bits per heavy atom. The van der Waals surface area contributed by atoms with Crippen LogP contribution < -0.4 is 0 Å². The van der Waals surface area contributed by atoms with Crippen molar-refractivity contribution in [1.82, 2.24) is 0 Å². The summed E-state index contributed by atoms with van der Waals surface area (Å²) in [5, 5.41) is 1.99. The van der Waals surface area contributed by atoms with Gasteiger partial charge in [0, 0.05) is 11.1 Å². The van der Waals surface area contributed by atoms with E-state index in [1.54, 1.807) is 0 Å².